The van der Waals surface area contributed by atoms with E-state index < -0.39 is 0 Å². The third-order valence-electron chi connectivity index (χ3n) is 2.56. The number of rotatable bonds is 4. The van der Waals surface area contributed by atoms with Gasteiger partial charge in [-0.15, -0.1) is 0 Å². The Kier molecular flexibility index (Phi) is 4.12. The summed E-state index contributed by atoms with van der Waals surface area (Å²) >= 11 is 0. The maximum Gasteiger partial charge on any atom is 0.338 e. The van der Waals surface area contributed by atoms with Gasteiger partial charge in [0.1, 0.15) is 0 Å². The van der Waals surface area contributed by atoms with Crippen LogP contribution in [0.3, 0.4) is 0 Å². The van der Waals surface area contributed by atoms with Gasteiger partial charge in [0.15, 0.2) is 6.29 Å². The molecule has 92 valence electrons. The molecular formula is C13H16O4. The van der Waals surface area contributed by atoms with E-state index in [0.717, 1.165) is 5.56 Å². The van der Waals surface area contributed by atoms with Crippen LogP contribution in [0.2, 0.25) is 0 Å². The fourth-order valence-corrected chi connectivity index (χ4v) is 1.59. The number of esters is 1. The quantitative estimate of drug-likeness (QED) is 0.749. The highest BCUT2D eigenvalue weighted by molar-refractivity contribution is 5.89. The van der Waals surface area contributed by atoms with Crippen molar-refractivity contribution < 1.29 is 19.0 Å². The van der Waals surface area contributed by atoms with Gasteiger partial charge in [-0.3, -0.25) is 0 Å². The molecule has 1 saturated heterocycles. The van der Waals surface area contributed by atoms with E-state index in [1.807, 2.05) is 19.1 Å². The van der Waals surface area contributed by atoms with Gasteiger partial charge in [-0.2, -0.15) is 0 Å². The molecule has 0 aromatic heterocycles. The molecule has 0 amide bonds. The summed E-state index contributed by atoms with van der Waals surface area (Å²) in [7, 11) is 0. The van der Waals surface area contributed by atoms with Crippen LogP contribution >= 0.6 is 0 Å². The summed E-state index contributed by atoms with van der Waals surface area (Å²) in [4.78, 5) is 11.6. The molecule has 0 atom stereocenters. The van der Waals surface area contributed by atoms with Crippen LogP contribution in [0.5, 0.6) is 0 Å². The standard InChI is InChI=1S/C13H16O4/c1-10-2-4-11(5-3-10)13(14)17-7-6-12-15-8-9-16-12/h2-5,12H,6-9H2,1H3. The molecule has 0 bridgehead atoms. The van der Waals surface area contributed by atoms with Gasteiger partial charge in [-0.1, -0.05) is 17.7 Å². The second kappa shape index (κ2) is 5.80. The van der Waals surface area contributed by atoms with Gasteiger partial charge in [0.2, 0.25) is 0 Å². The molecule has 0 radical (unpaired) electrons. The Morgan fingerprint density at radius 1 is 1.29 bits per heavy atom. The molecule has 0 unspecified atom stereocenters. The molecule has 1 aromatic carbocycles. The summed E-state index contributed by atoms with van der Waals surface area (Å²) in [5.41, 5.74) is 1.69. The van der Waals surface area contributed by atoms with E-state index in [2.05, 4.69) is 0 Å². The van der Waals surface area contributed by atoms with Crippen molar-refractivity contribution in [2.24, 2.45) is 0 Å². The van der Waals surface area contributed by atoms with Gasteiger partial charge in [0.05, 0.1) is 25.4 Å². The molecule has 2 rings (SSSR count). The topological polar surface area (TPSA) is 44.8 Å². The largest absolute Gasteiger partial charge is 0.462 e. The zero-order chi connectivity index (χ0) is 12.1. The van der Waals surface area contributed by atoms with Crippen LogP contribution in [-0.2, 0) is 14.2 Å². The summed E-state index contributed by atoms with van der Waals surface area (Å²) in [6.45, 7) is 3.54. The second-order valence-corrected chi connectivity index (χ2v) is 3.96. The van der Waals surface area contributed by atoms with Crippen molar-refractivity contribution in [1.82, 2.24) is 0 Å². The van der Waals surface area contributed by atoms with Crippen LogP contribution in [0.25, 0.3) is 0 Å². The molecule has 4 heteroatoms. The maximum absolute atomic E-state index is 11.6. The third kappa shape index (κ3) is 3.54. The molecule has 0 aliphatic carbocycles. The predicted octanol–water partition coefficient (Wildman–Crippen LogP) is 1.91. The lowest BCUT2D eigenvalue weighted by atomic mass is 10.1. The van der Waals surface area contributed by atoms with Gasteiger partial charge in [-0.25, -0.2) is 4.79 Å². The monoisotopic (exact) mass is 236 g/mol. The van der Waals surface area contributed by atoms with Crippen molar-refractivity contribution in [1.29, 1.82) is 0 Å². The number of ether oxygens (including phenoxy) is 3. The number of hydrogen-bond donors (Lipinski definition) is 0. The van der Waals surface area contributed by atoms with Crippen LogP contribution in [0, 0.1) is 6.92 Å². The molecule has 1 aliphatic heterocycles. The van der Waals surface area contributed by atoms with Crippen molar-refractivity contribution in [2.45, 2.75) is 19.6 Å². The van der Waals surface area contributed by atoms with E-state index in [0.29, 0.717) is 31.8 Å². The van der Waals surface area contributed by atoms with Crippen LogP contribution in [0.15, 0.2) is 24.3 Å². The first kappa shape index (κ1) is 12.1. The molecule has 0 saturated carbocycles. The van der Waals surface area contributed by atoms with Gasteiger partial charge in [-0.05, 0) is 19.1 Å². The Labute approximate surface area is 100 Å². The Hall–Kier alpha value is -1.39. The highest BCUT2D eigenvalue weighted by Gasteiger charge is 2.16. The van der Waals surface area contributed by atoms with Crippen molar-refractivity contribution in [3.8, 4) is 0 Å². The van der Waals surface area contributed by atoms with Crippen LogP contribution in [-0.4, -0.2) is 32.1 Å². The Balaban J connectivity index is 1.75. The van der Waals surface area contributed by atoms with Crippen molar-refractivity contribution in [3.63, 3.8) is 0 Å². The van der Waals surface area contributed by atoms with E-state index in [9.17, 15) is 4.79 Å². The minimum absolute atomic E-state index is 0.221. The first-order valence-electron chi connectivity index (χ1n) is 5.73. The summed E-state index contributed by atoms with van der Waals surface area (Å²) in [5, 5.41) is 0. The summed E-state index contributed by atoms with van der Waals surface area (Å²) in [5.74, 6) is -0.303. The van der Waals surface area contributed by atoms with E-state index in [4.69, 9.17) is 14.2 Å². The maximum atomic E-state index is 11.6. The highest BCUT2D eigenvalue weighted by atomic mass is 16.7. The van der Waals surface area contributed by atoms with E-state index >= 15 is 0 Å². The highest BCUT2D eigenvalue weighted by Crippen LogP contribution is 2.09. The third-order valence-corrected chi connectivity index (χ3v) is 2.56. The lowest BCUT2D eigenvalue weighted by Crippen LogP contribution is -2.14. The fourth-order valence-electron chi connectivity index (χ4n) is 1.59. The Morgan fingerprint density at radius 2 is 1.94 bits per heavy atom. The van der Waals surface area contributed by atoms with Crippen molar-refractivity contribution in [3.05, 3.63) is 35.4 Å². The normalized spacial score (nSPS) is 16.1. The summed E-state index contributed by atoms with van der Waals surface area (Å²) in [6, 6.07) is 7.31. The first-order valence-corrected chi connectivity index (χ1v) is 5.73. The molecule has 4 nitrogen and oxygen atoms in total. The first-order chi connectivity index (χ1) is 8.25. The number of carbonyl (C=O) groups excluding carboxylic acids is 1. The van der Waals surface area contributed by atoms with Gasteiger partial charge in [0.25, 0.3) is 0 Å². The van der Waals surface area contributed by atoms with Crippen LogP contribution < -0.4 is 0 Å². The molecule has 0 spiro atoms. The minimum atomic E-state index is -0.303. The molecular weight excluding hydrogens is 220 g/mol. The zero-order valence-electron chi connectivity index (χ0n) is 9.85. The lowest BCUT2D eigenvalue weighted by Gasteiger charge is -2.09. The predicted molar refractivity (Wildman–Crippen MR) is 61.8 cm³/mol. The SMILES string of the molecule is Cc1ccc(C(=O)OCCC2OCCO2)cc1. The number of benzene rings is 1. The molecule has 1 aromatic rings. The Morgan fingerprint density at radius 3 is 2.59 bits per heavy atom. The average molecular weight is 236 g/mol. The molecule has 1 aliphatic rings. The molecule has 1 heterocycles. The van der Waals surface area contributed by atoms with Crippen LogP contribution in [0.1, 0.15) is 22.3 Å². The van der Waals surface area contributed by atoms with E-state index in [1.54, 1.807) is 12.1 Å². The number of carbonyl (C=O) groups is 1. The zero-order valence-corrected chi connectivity index (χ0v) is 9.85. The lowest BCUT2D eigenvalue weighted by molar-refractivity contribution is -0.0572. The van der Waals surface area contributed by atoms with E-state index in [-0.39, 0.29) is 12.3 Å². The average Bonchev–Trinajstić information content (AvgIpc) is 2.83. The summed E-state index contributed by atoms with van der Waals surface area (Å²) in [6.07, 6.45) is 0.359. The van der Waals surface area contributed by atoms with Gasteiger partial charge in [0, 0.05) is 6.42 Å². The molecule has 17 heavy (non-hydrogen) atoms. The fraction of sp³-hybridized carbons (Fsp3) is 0.462. The smallest absolute Gasteiger partial charge is 0.338 e. The van der Waals surface area contributed by atoms with Gasteiger partial charge >= 0.3 is 5.97 Å². The van der Waals surface area contributed by atoms with Gasteiger partial charge < -0.3 is 14.2 Å². The molecule has 0 N–H and O–H groups in total. The Bertz CT molecular complexity index is 366. The number of hydrogen-bond acceptors (Lipinski definition) is 4. The van der Waals surface area contributed by atoms with Crippen molar-refractivity contribution in [2.75, 3.05) is 19.8 Å². The summed E-state index contributed by atoms with van der Waals surface area (Å²) < 4.78 is 15.6. The second-order valence-electron chi connectivity index (χ2n) is 3.96. The number of aryl methyl sites for hydroxylation is 1. The van der Waals surface area contributed by atoms with Crippen molar-refractivity contribution >= 4 is 5.97 Å². The molecule has 1 fully saturated rings. The minimum Gasteiger partial charge on any atom is -0.462 e. The van der Waals surface area contributed by atoms with E-state index in [1.165, 1.54) is 0 Å². The van der Waals surface area contributed by atoms with Crippen LogP contribution in [0.4, 0.5) is 0 Å².